The van der Waals surface area contributed by atoms with E-state index >= 15 is 0 Å². The van der Waals surface area contributed by atoms with Crippen LogP contribution in [0.5, 0.6) is 28.7 Å². The van der Waals surface area contributed by atoms with Crippen LogP contribution in [0, 0.1) is 11.3 Å². The van der Waals surface area contributed by atoms with Gasteiger partial charge < -0.3 is 79.9 Å². The van der Waals surface area contributed by atoms with E-state index in [0.717, 1.165) is 65.4 Å². The summed E-state index contributed by atoms with van der Waals surface area (Å²) in [6.07, 6.45) is 15.0. The van der Waals surface area contributed by atoms with Crippen molar-refractivity contribution in [3.8, 4) is 90.5 Å². The molecular formula is C94H92Cl5N15O12. The predicted octanol–water partition coefficient (Wildman–Crippen LogP) is 14.6. The van der Waals surface area contributed by atoms with Crippen LogP contribution >= 0.6 is 58.0 Å². The molecule has 0 unspecified atom stereocenters. The fraction of sp³-hybridized carbons (Fsp3) is 0.223. The number of phenolic OH excluding ortho intramolecular Hbond substituents is 5. The van der Waals surface area contributed by atoms with Crippen LogP contribution < -0.4 is 30.9 Å². The molecule has 32 heteroatoms. The molecule has 0 bridgehead atoms. The Kier molecular flexibility index (Phi) is 32.2. The number of piperazine rings is 4. The first-order valence-corrected chi connectivity index (χ1v) is 42.0. The van der Waals surface area contributed by atoms with Gasteiger partial charge in [-0.2, -0.15) is 5.26 Å². The molecule has 0 aliphatic carbocycles. The Morgan fingerprint density at radius 2 is 0.746 bits per heavy atom. The maximum atomic E-state index is 12.5. The van der Waals surface area contributed by atoms with Gasteiger partial charge in [-0.15, -0.1) is 0 Å². The highest BCUT2D eigenvalue weighted by Gasteiger charge is 2.29. The van der Waals surface area contributed by atoms with E-state index in [1.54, 1.807) is 133 Å². The number of primary amides is 1. The van der Waals surface area contributed by atoms with Gasteiger partial charge in [0.15, 0.2) is 0 Å². The summed E-state index contributed by atoms with van der Waals surface area (Å²) >= 11 is 31.0. The largest absolute Gasteiger partial charge is 0.508 e. The molecule has 0 radical (unpaired) electrons. The Labute approximate surface area is 754 Å². The number of nitrogens with two attached hydrogens (primary N) is 1. The van der Waals surface area contributed by atoms with Gasteiger partial charge in [-0.25, -0.2) is 15.0 Å². The minimum atomic E-state index is -0.577. The molecule has 5 saturated heterocycles. The van der Waals surface area contributed by atoms with E-state index in [1.165, 1.54) is 66.8 Å². The third-order valence-corrected chi connectivity index (χ3v) is 23.4. The lowest BCUT2D eigenvalue weighted by Crippen LogP contribution is -2.48. The molecule has 8 heterocycles. The van der Waals surface area contributed by atoms with E-state index in [0.29, 0.717) is 180 Å². The number of benzene rings is 7. The summed E-state index contributed by atoms with van der Waals surface area (Å²) in [5, 5.41) is 60.4. The van der Waals surface area contributed by atoms with Crippen molar-refractivity contribution in [2.24, 2.45) is 5.73 Å². The Morgan fingerprint density at radius 3 is 1.15 bits per heavy atom. The summed E-state index contributed by atoms with van der Waals surface area (Å²) in [5.41, 5.74) is 14.9. The summed E-state index contributed by atoms with van der Waals surface area (Å²) in [5.74, 6) is 1.17. The number of hydrogen-bond acceptors (Lipinski definition) is 20. The second-order valence-corrected chi connectivity index (χ2v) is 31.5. The molecule has 0 atom stereocenters. The van der Waals surface area contributed by atoms with E-state index in [4.69, 9.17) is 63.7 Å². The number of likely N-dealkylation sites (tertiary alicyclic amines) is 1. The number of pyridine rings is 2. The predicted molar refractivity (Wildman–Crippen MR) is 495 cm³/mol. The highest BCUT2D eigenvalue weighted by atomic mass is 35.5. The number of hydrogen-bond donors (Lipinski definition) is 6. The molecule has 15 rings (SSSR count). The zero-order valence-electron chi connectivity index (χ0n) is 68.7. The van der Waals surface area contributed by atoms with Gasteiger partial charge in [0.25, 0.3) is 5.56 Å². The number of anilines is 4. The molecule has 0 saturated carbocycles. The number of halogens is 5. The fourth-order valence-electron chi connectivity index (χ4n) is 14.9. The standard InChI is InChI=1S/C20H20ClN3O3.C20H18ClN3O2.C19H19ClN2O3.C18H18ClN3O2.C17H17ClN4O2/c1-2-19(26)24-9-7-23(8-10-24)13-3-5-15(17(11-13)20(22)27)16-12-14(25)4-6-18(16)21;1-2-20(26)24-9-7-23(8-10-24)19-6-3-14(11-15(19)13-22)17-12-16(25)4-5-18(17)21;1-2-18(24)21-8-6-14(7-9-21)22-10-5-13(11-19(22)25)16-12-15(23)3-4-17(16)20;1-2-18(24)22-9-7-21(8-10-22)17-6-3-13(12-20-17)15-11-14(23)4-5-16(15)19;1-2-16(24)21-5-7-22(8-6-21)17-19-10-12(11-20-17)14-9-13(23)3-4-15(14)18/h2-6,11-12,25H,1,7-10H2,(H2,22,27);2-6,11-12,25H,1,7-10H2;2-5,10-12,14,23H,1,6-9H2;2-6,11-12,23H,1,7-10H2;2-4,9-11,23H,1,5-8H2. The topological polar surface area (TPSA) is 343 Å². The molecule has 650 valence electrons. The third-order valence-electron chi connectivity index (χ3n) is 21.7. The Morgan fingerprint density at radius 1 is 0.381 bits per heavy atom. The number of phenols is 5. The van der Waals surface area contributed by atoms with Crippen LogP contribution in [0.15, 0.2) is 245 Å². The van der Waals surface area contributed by atoms with Gasteiger partial charge in [0.05, 0.1) is 11.3 Å². The summed E-state index contributed by atoms with van der Waals surface area (Å²) in [6.45, 7) is 29.1. The van der Waals surface area contributed by atoms with Gasteiger partial charge in [0, 0.05) is 230 Å². The maximum Gasteiger partial charge on any atom is 0.251 e. The van der Waals surface area contributed by atoms with Gasteiger partial charge >= 0.3 is 0 Å². The summed E-state index contributed by atoms with van der Waals surface area (Å²) < 4.78 is 1.70. The number of aromatic nitrogens is 4. The van der Waals surface area contributed by atoms with Crippen molar-refractivity contribution in [2.75, 3.05) is 137 Å². The Bertz CT molecular complexity index is 5680. The lowest BCUT2D eigenvalue weighted by Gasteiger charge is -2.36. The summed E-state index contributed by atoms with van der Waals surface area (Å²) in [7, 11) is 0. The third kappa shape index (κ3) is 23.6. The van der Waals surface area contributed by atoms with Crippen LogP contribution in [0.1, 0.15) is 34.8 Å². The lowest BCUT2D eigenvalue weighted by atomic mass is 9.97. The van der Waals surface area contributed by atoms with Gasteiger partial charge in [-0.05, 0) is 193 Å². The van der Waals surface area contributed by atoms with E-state index in [9.17, 15) is 64.4 Å². The molecular weight excluding hydrogens is 1710 g/mol. The first-order chi connectivity index (χ1) is 60.6. The van der Waals surface area contributed by atoms with E-state index in [1.807, 2.05) is 41.3 Å². The monoisotopic (exact) mass is 1800 g/mol. The molecule has 7 aromatic carbocycles. The number of carbonyl (C=O) groups is 6. The number of aromatic hydroxyl groups is 5. The molecule has 3 aromatic heterocycles. The minimum Gasteiger partial charge on any atom is -0.508 e. The second-order valence-electron chi connectivity index (χ2n) is 29.4. The van der Waals surface area contributed by atoms with Crippen molar-refractivity contribution in [2.45, 2.75) is 18.9 Å². The minimum absolute atomic E-state index is 0.0310. The molecule has 126 heavy (non-hydrogen) atoms. The van der Waals surface area contributed by atoms with Crippen LogP contribution in [0.25, 0.3) is 55.6 Å². The number of carbonyl (C=O) groups excluding carboxylic acids is 6. The average molecular weight is 1800 g/mol. The molecule has 5 aliphatic heterocycles. The quantitative estimate of drug-likeness (QED) is 0.0489. The number of piperidine rings is 1. The molecule has 0 spiro atoms. The number of rotatable bonds is 16. The number of nitrogens with zero attached hydrogens (tertiary/aromatic N) is 14. The van der Waals surface area contributed by atoms with Crippen LogP contribution in [0.3, 0.4) is 0 Å². The van der Waals surface area contributed by atoms with Gasteiger partial charge in [-0.1, -0.05) is 103 Å². The van der Waals surface area contributed by atoms with E-state index < -0.39 is 5.91 Å². The smallest absolute Gasteiger partial charge is 0.251 e. The Balaban J connectivity index is 0.000000153. The van der Waals surface area contributed by atoms with Crippen LogP contribution in [-0.2, 0) is 24.0 Å². The number of nitriles is 1. The van der Waals surface area contributed by atoms with Crippen molar-refractivity contribution in [3.63, 3.8) is 0 Å². The van der Waals surface area contributed by atoms with Crippen molar-refractivity contribution >= 4 is 117 Å². The van der Waals surface area contributed by atoms with E-state index in [2.05, 4.69) is 68.6 Å². The molecule has 6 amide bonds. The van der Waals surface area contributed by atoms with E-state index in [-0.39, 0.29) is 69.9 Å². The first kappa shape index (κ1) is 93.1. The van der Waals surface area contributed by atoms with Crippen LogP contribution in [0.4, 0.5) is 23.1 Å². The molecule has 5 fully saturated rings. The second kappa shape index (κ2) is 43.6. The molecule has 7 N–H and O–H groups in total. The van der Waals surface area contributed by atoms with Gasteiger partial charge in [0.1, 0.15) is 40.6 Å². The maximum absolute atomic E-state index is 12.5. The normalized spacial score (nSPS) is 14.5. The SMILES string of the molecule is C=CC(=O)N1CCC(n2ccc(-c3cc(O)ccc3Cl)cc2=O)CC1.C=CC(=O)N1CCN(c2ccc(-c3cc(O)ccc3Cl)c(C(N)=O)c2)CC1.C=CC(=O)N1CCN(c2ccc(-c3cc(O)ccc3Cl)cc2C#N)CC1.C=CC(=O)N1CCN(c2ccc(-c3cc(O)ccc3Cl)cn2)CC1.C=CC(=O)N1CCN(c2ncc(-c3cc(O)ccc3Cl)cn2)CC1. The fourth-order valence-corrected chi connectivity index (χ4v) is 16.0. The van der Waals surface area contributed by atoms with Crippen molar-refractivity contribution in [3.05, 3.63) is 286 Å². The summed E-state index contributed by atoms with van der Waals surface area (Å²) in [6, 6.07) is 44.0. The highest BCUT2D eigenvalue weighted by Crippen LogP contribution is 2.39. The lowest BCUT2D eigenvalue weighted by molar-refractivity contribution is -0.127. The van der Waals surface area contributed by atoms with Crippen molar-refractivity contribution < 1.29 is 54.3 Å². The zero-order chi connectivity index (χ0) is 90.4. The zero-order valence-corrected chi connectivity index (χ0v) is 72.5. The van der Waals surface area contributed by atoms with Crippen molar-refractivity contribution in [1.82, 2.24) is 44.0 Å². The molecule has 5 aliphatic rings. The molecule has 27 nitrogen and oxygen atoms in total. The van der Waals surface area contributed by atoms with Crippen LogP contribution in [-0.4, -0.2) is 223 Å². The van der Waals surface area contributed by atoms with Crippen LogP contribution in [0.2, 0.25) is 25.1 Å². The number of amides is 6. The summed E-state index contributed by atoms with van der Waals surface area (Å²) in [4.78, 5) is 113. The highest BCUT2D eigenvalue weighted by molar-refractivity contribution is 6.35. The first-order valence-electron chi connectivity index (χ1n) is 40.1. The van der Waals surface area contributed by atoms with Crippen molar-refractivity contribution in [1.29, 1.82) is 5.26 Å². The molecule has 10 aromatic rings. The Hall–Kier alpha value is -13.6. The average Bonchev–Trinajstić information content (AvgIpc) is 0.793. The van der Waals surface area contributed by atoms with Gasteiger partial charge in [-0.3, -0.25) is 33.6 Å². The van der Waals surface area contributed by atoms with Gasteiger partial charge in [0.2, 0.25) is 41.4 Å².